The Bertz CT molecular complexity index is 1780. The second kappa shape index (κ2) is 11.7. The first-order valence-electron chi connectivity index (χ1n) is 15.2. The first-order chi connectivity index (χ1) is 19.7. The highest BCUT2D eigenvalue weighted by atomic mass is 14.3. The fraction of sp³-hybridized carbons (Fsp3) is 0.250. The summed E-state index contributed by atoms with van der Waals surface area (Å²) in [7, 11) is 0. The molecular formula is C40H39. The van der Waals surface area contributed by atoms with Crippen LogP contribution in [0.3, 0.4) is 0 Å². The predicted molar refractivity (Wildman–Crippen MR) is 171 cm³/mol. The SMILES string of the molecule is CCCc1ccc2c(c1)=c1c(c(C3=CC=CC3)c(CCC)c(CCC)c1=C(c1ccccc1)c1ccccc1)[C]=2. The molecule has 0 fully saturated rings. The lowest BCUT2D eigenvalue weighted by Crippen LogP contribution is -2.23. The van der Waals surface area contributed by atoms with Gasteiger partial charge < -0.3 is 0 Å². The molecule has 0 amide bonds. The summed E-state index contributed by atoms with van der Waals surface area (Å²) in [6.45, 7) is 6.93. The maximum atomic E-state index is 3.98. The largest absolute Gasteiger partial charge is 0.0801 e. The van der Waals surface area contributed by atoms with Crippen LogP contribution >= 0.6 is 0 Å². The summed E-state index contributed by atoms with van der Waals surface area (Å²) in [6, 6.07) is 29.2. The van der Waals surface area contributed by atoms with Crippen molar-refractivity contribution in [1.29, 1.82) is 0 Å². The molecule has 1 radical (unpaired) electrons. The van der Waals surface area contributed by atoms with E-state index in [9.17, 15) is 0 Å². The second-order valence-electron chi connectivity index (χ2n) is 11.1. The highest BCUT2D eigenvalue weighted by Gasteiger charge is 2.24. The van der Waals surface area contributed by atoms with Gasteiger partial charge in [0.25, 0.3) is 0 Å². The number of hydrogen-bond donors (Lipinski definition) is 0. The first-order valence-corrected chi connectivity index (χ1v) is 15.2. The molecule has 0 unspecified atom stereocenters. The molecule has 0 N–H and O–H groups in total. The van der Waals surface area contributed by atoms with Gasteiger partial charge in [-0.3, -0.25) is 0 Å². The van der Waals surface area contributed by atoms with E-state index in [1.807, 2.05) is 0 Å². The number of allylic oxidation sites excluding steroid dienone is 4. The van der Waals surface area contributed by atoms with E-state index in [1.165, 1.54) is 71.0 Å². The van der Waals surface area contributed by atoms with Gasteiger partial charge in [0.1, 0.15) is 0 Å². The molecule has 0 aliphatic heterocycles. The Morgan fingerprint density at radius 2 is 1.38 bits per heavy atom. The van der Waals surface area contributed by atoms with Gasteiger partial charge in [0.15, 0.2) is 0 Å². The van der Waals surface area contributed by atoms with Crippen molar-refractivity contribution in [2.24, 2.45) is 0 Å². The van der Waals surface area contributed by atoms with Crippen molar-refractivity contribution < 1.29 is 0 Å². The molecule has 199 valence electrons. The van der Waals surface area contributed by atoms with Crippen molar-refractivity contribution in [2.75, 3.05) is 0 Å². The predicted octanol–water partition coefficient (Wildman–Crippen LogP) is 8.44. The molecule has 0 saturated carbocycles. The van der Waals surface area contributed by atoms with Gasteiger partial charge in [0, 0.05) is 0 Å². The van der Waals surface area contributed by atoms with Gasteiger partial charge in [-0.2, -0.15) is 0 Å². The Labute approximate surface area is 239 Å². The molecule has 2 aliphatic rings. The van der Waals surface area contributed by atoms with Crippen LogP contribution < -0.4 is 10.4 Å². The summed E-state index contributed by atoms with van der Waals surface area (Å²) in [4.78, 5) is 0. The van der Waals surface area contributed by atoms with E-state index in [1.54, 1.807) is 0 Å². The van der Waals surface area contributed by atoms with Gasteiger partial charge in [-0.05, 0) is 103 Å². The molecule has 0 spiro atoms. The van der Waals surface area contributed by atoms with Crippen LogP contribution in [0, 0.1) is 10.4 Å². The number of rotatable bonds is 9. The Morgan fingerprint density at radius 1 is 0.725 bits per heavy atom. The van der Waals surface area contributed by atoms with Gasteiger partial charge >= 0.3 is 0 Å². The lowest BCUT2D eigenvalue weighted by atomic mass is 9.81. The molecule has 4 aromatic carbocycles. The molecule has 0 atom stereocenters. The van der Waals surface area contributed by atoms with Crippen molar-refractivity contribution in [2.45, 2.75) is 65.7 Å². The standard InChI is InChI=1S/C40H39/c1-4-15-28-24-25-32-27-36-38(31-22-13-14-23-31)33(16-5-2)34(17-6-3)40(39(36)35(32)26-28)37(29-18-9-7-10-19-29)30-20-11-8-12-21-30/h7-14,18-22,24-26H,4-6,15-17,23H2,1-3H3. The maximum absolute atomic E-state index is 3.98. The molecule has 40 heavy (non-hydrogen) atoms. The van der Waals surface area contributed by atoms with Crippen molar-refractivity contribution in [3.05, 3.63) is 157 Å². The number of fused-ring (bicyclic) bond motifs is 2. The molecule has 0 aromatic heterocycles. The first kappa shape index (κ1) is 26.3. The zero-order valence-corrected chi connectivity index (χ0v) is 24.2. The Kier molecular flexibility index (Phi) is 7.69. The smallest absolute Gasteiger partial charge is 0.000719 e. The van der Waals surface area contributed by atoms with Crippen LogP contribution in [0.15, 0.2) is 97.1 Å². The third kappa shape index (κ3) is 4.71. The van der Waals surface area contributed by atoms with Crippen molar-refractivity contribution in [3.63, 3.8) is 0 Å². The summed E-state index contributed by atoms with van der Waals surface area (Å²) in [5.74, 6) is 0. The molecule has 2 aliphatic carbocycles. The summed E-state index contributed by atoms with van der Waals surface area (Å²) >= 11 is 0. The van der Waals surface area contributed by atoms with Crippen LogP contribution in [0.2, 0.25) is 0 Å². The van der Waals surface area contributed by atoms with E-state index in [0.717, 1.165) is 44.9 Å². The zero-order chi connectivity index (χ0) is 27.5. The highest BCUT2D eigenvalue weighted by Crippen LogP contribution is 2.35. The van der Waals surface area contributed by atoms with Gasteiger partial charge in [-0.25, -0.2) is 0 Å². The maximum Gasteiger partial charge on any atom is -0.000719 e. The third-order valence-electron chi connectivity index (χ3n) is 8.34. The molecular weight excluding hydrogens is 480 g/mol. The summed E-state index contributed by atoms with van der Waals surface area (Å²) in [6.07, 6.45) is 18.5. The normalized spacial score (nSPS) is 13.1. The van der Waals surface area contributed by atoms with Crippen LogP contribution in [0.5, 0.6) is 0 Å². The van der Waals surface area contributed by atoms with Gasteiger partial charge in [-0.1, -0.05) is 137 Å². The third-order valence-corrected chi connectivity index (χ3v) is 8.34. The van der Waals surface area contributed by atoms with Crippen LogP contribution in [0.1, 0.15) is 85.4 Å². The lowest BCUT2D eigenvalue weighted by Gasteiger charge is -2.22. The van der Waals surface area contributed by atoms with E-state index in [0.29, 0.717) is 0 Å². The Hall–Kier alpha value is -3.90. The molecule has 0 bridgehead atoms. The summed E-state index contributed by atoms with van der Waals surface area (Å²) in [5, 5.41) is 5.41. The zero-order valence-electron chi connectivity index (χ0n) is 24.2. The van der Waals surface area contributed by atoms with Crippen LogP contribution in [-0.4, -0.2) is 0 Å². The number of aryl methyl sites for hydroxylation is 1. The number of hydrogen-bond acceptors (Lipinski definition) is 0. The van der Waals surface area contributed by atoms with Gasteiger partial charge in [0.2, 0.25) is 0 Å². The van der Waals surface area contributed by atoms with E-state index in [2.05, 4.69) is 124 Å². The monoisotopic (exact) mass is 519 g/mol. The quantitative estimate of drug-likeness (QED) is 0.183. The van der Waals surface area contributed by atoms with Crippen molar-refractivity contribution >= 4 is 17.2 Å². The van der Waals surface area contributed by atoms with Gasteiger partial charge in [0.05, 0.1) is 0 Å². The molecule has 0 heterocycles. The van der Waals surface area contributed by atoms with Crippen molar-refractivity contribution in [1.82, 2.24) is 0 Å². The van der Waals surface area contributed by atoms with Crippen LogP contribution in [-0.2, 0) is 19.3 Å². The minimum Gasteiger partial charge on any atom is -0.0801 e. The van der Waals surface area contributed by atoms with Gasteiger partial charge in [-0.15, -0.1) is 0 Å². The van der Waals surface area contributed by atoms with E-state index >= 15 is 0 Å². The lowest BCUT2D eigenvalue weighted by molar-refractivity contribution is 0.849. The highest BCUT2D eigenvalue weighted by molar-refractivity contribution is 5.86. The average Bonchev–Trinajstić information content (AvgIpc) is 3.65. The molecule has 6 rings (SSSR count). The topological polar surface area (TPSA) is 0 Å². The molecule has 0 heteroatoms. The minimum atomic E-state index is 1.00. The van der Waals surface area contributed by atoms with Crippen molar-refractivity contribution in [3.8, 4) is 0 Å². The molecule has 4 aromatic rings. The van der Waals surface area contributed by atoms with Crippen LogP contribution in [0.25, 0.3) is 17.2 Å². The summed E-state index contributed by atoms with van der Waals surface area (Å²) < 4.78 is 0. The van der Waals surface area contributed by atoms with Crippen LogP contribution in [0.4, 0.5) is 0 Å². The molecule has 0 nitrogen and oxygen atoms in total. The van der Waals surface area contributed by atoms with E-state index < -0.39 is 0 Å². The van der Waals surface area contributed by atoms with E-state index in [-0.39, 0.29) is 0 Å². The number of benzene rings is 4. The Balaban J connectivity index is 1.94. The molecule has 0 saturated heterocycles. The fourth-order valence-corrected chi connectivity index (χ4v) is 6.71. The van der Waals surface area contributed by atoms with E-state index in [4.69, 9.17) is 0 Å². The minimum absolute atomic E-state index is 1.00. The summed E-state index contributed by atoms with van der Waals surface area (Å²) in [5.41, 5.74) is 12.6. The second-order valence-corrected chi connectivity index (χ2v) is 11.1. The average molecular weight is 520 g/mol. The Morgan fingerprint density at radius 3 is 1.98 bits per heavy atom. The fourth-order valence-electron chi connectivity index (χ4n) is 6.71.